The number of carbonyl (C=O) groups excluding carboxylic acids is 1. The summed E-state index contributed by atoms with van der Waals surface area (Å²) < 4.78 is 0.815. The Labute approximate surface area is 111 Å². The summed E-state index contributed by atoms with van der Waals surface area (Å²) in [5.74, 6) is 0.277. The van der Waals surface area contributed by atoms with Gasteiger partial charge in [-0.3, -0.25) is 4.79 Å². The second kappa shape index (κ2) is 6.38. The van der Waals surface area contributed by atoms with Crippen molar-refractivity contribution in [2.45, 2.75) is 25.8 Å². The van der Waals surface area contributed by atoms with Gasteiger partial charge in [0.05, 0.1) is 4.34 Å². The van der Waals surface area contributed by atoms with Crippen molar-refractivity contribution in [2.24, 2.45) is 0 Å². The number of hydrogen-bond donors (Lipinski definition) is 1. The van der Waals surface area contributed by atoms with Crippen LogP contribution in [0.25, 0.3) is 0 Å². The fourth-order valence-corrected chi connectivity index (χ4v) is 3.04. The molecule has 0 aromatic carbocycles. The lowest BCUT2D eigenvalue weighted by molar-refractivity contribution is -0.130. The van der Waals surface area contributed by atoms with E-state index in [2.05, 4.69) is 5.32 Å². The number of nitrogens with one attached hydrogen (secondary N) is 1. The molecule has 0 atom stereocenters. The van der Waals surface area contributed by atoms with Crippen LogP contribution in [0.5, 0.6) is 0 Å². The Morgan fingerprint density at radius 2 is 2.18 bits per heavy atom. The van der Waals surface area contributed by atoms with E-state index in [1.807, 2.05) is 17.0 Å². The number of thiophene rings is 1. The molecule has 5 heteroatoms. The molecule has 0 spiro atoms. The first kappa shape index (κ1) is 12.9. The van der Waals surface area contributed by atoms with Crippen molar-refractivity contribution in [3.05, 3.63) is 21.3 Å². The lowest BCUT2D eigenvalue weighted by Gasteiger charge is -2.14. The summed E-state index contributed by atoms with van der Waals surface area (Å²) in [6.07, 6.45) is 2.92. The molecule has 2 rings (SSSR count). The van der Waals surface area contributed by atoms with Crippen LogP contribution in [0.15, 0.2) is 12.1 Å². The van der Waals surface area contributed by atoms with Crippen LogP contribution in [-0.2, 0) is 11.3 Å². The van der Waals surface area contributed by atoms with Crippen molar-refractivity contribution in [2.75, 3.05) is 19.6 Å². The summed E-state index contributed by atoms with van der Waals surface area (Å²) in [6.45, 7) is 3.42. The number of hydrogen-bond acceptors (Lipinski definition) is 3. The third kappa shape index (κ3) is 3.98. The Bertz CT molecular complexity index is 374. The van der Waals surface area contributed by atoms with Gasteiger partial charge in [-0.2, -0.15) is 0 Å². The van der Waals surface area contributed by atoms with E-state index in [0.29, 0.717) is 6.42 Å². The average Bonchev–Trinajstić information content (AvgIpc) is 2.95. The summed E-state index contributed by atoms with van der Waals surface area (Å²) in [4.78, 5) is 14.9. The first-order valence-corrected chi connectivity index (χ1v) is 7.18. The summed E-state index contributed by atoms with van der Waals surface area (Å²) in [5, 5.41) is 3.27. The van der Waals surface area contributed by atoms with Gasteiger partial charge < -0.3 is 10.2 Å². The molecule has 2 heterocycles. The second-order valence-electron chi connectivity index (χ2n) is 4.22. The minimum Gasteiger partial charge on any atom is -0.343 e. The van der Waals surface area contributed by atoms with Gasteiger partial charge in [0.1, 0.15) is 0 Å². The molecule has 94 valence electrons. The Morgan fingerprint density at radius 1 is 1.41 bits per heavy atom. The maximum atomic E-state index is 11.7. The van der Waals surface area contributed by atoms with Gasteiger partial charge in [0.25, 0.3) is 0 Å². The molecule has 1 saturated heterocycles. The first-order chi connectivity index (χ1) is 8.25. The van der Waals surface area contributed by atoms with Gasteiger partial charge in [-0.05, 0) is 25.0 Å². The van der Waals surface area contributed by atoms with E-state index in [1.165, 1.54) is 4.88 Å². The van der Waals surface area contributed by atoms with E-state index in [4.69, 9.17) is 11.6 Å². The molecule has 0 unspecified atom stereocenters. The van der Waals surface area contributed by atoms with E-state index >= 15 is 0 Å². The molecular formula is C12H17ClN2OS. The lowest BCUT2D eigenvalue weighted by Crippen LogP contribution is -2.30. The van der Waals surface area contributed by atoms with Gasteiger partial charge in [-0.25, -0.2) is 0 Å². The van der Waals surface area contributed by atoms with Gasteiger partial charge in [0, 0.05) is 37.5 Å². The molecule has 1 aliphatic heterocycles. The molecule has 0 saturated carbocycles. The predicted octanol–water partition coefficient (Wildman–Crippen LogP) is 2.50. The first-order valence-electron chi connectivity index (χ1n) is 5.98. The maximum Gasteiger partial charge on any atom is 0.223 e. The van der Waals surface area contributed by atoms with Crippen LogP contribution in [0.4, 0.5) is 0 Å². The molecule has 0 aliphatic carbocycles. The number of halogens is 1. The van der Waals surface area contributed by atoms with E-state index in [1.54, 1.807) is 11.3 Å². The van der Waals surface area contributed by atoms with Crippen LogP contribution in [0, 0.1) is 0 Å². The molecule has 1 aromatic rings. The smallest absolute Gasteiger partial charge is 0.223 e. The minimum absolute atomic E-state index is 0.277. The zero-order chi connectivity index (χ0) is 12.1. The molecule has 1 fully saturated rings. The van der Waals surface area contributed by atoms with Crippen LogP contribution in [-0.4, -0.2) is 30.4 Å². The quantitative estimate of drug-likeness (QED) is 0.836. The van der Waals surface area contributed by atoms with Crippen LogP contribution in [0.2, 0.25) is 4.34 Å². The van der Waals surface area contributed by atoms with E-state index in [9.17, 15) is 4.79 Å². The highest BCUT2D eigenvalue weighted by molar-refractivity contribution is 7.16. The largest absolute Gasteiger partial charge is 0.343 e. The number of likely N-dealkylation sites (tertiary alicyclic amines) is 1. The topological polar surface area (TPSA) is 32.3 Å². The fourth-order valence-electron chi connectivity index (χ4n) is 1.98. The SMILES string of the molecule is O=C(CCNCc1ccc(Cl)s1)N1CCCC1. The van der Waals surface area contributed by atoms with Gasteiger partial charge in [-0.1, -0.05) is 11.6 Å². The van der Waals surface area contributed by atoms with Crippen LogP contribution in [0.1, 0.15) is 24.1 Å². The maximum absolute atomic E-state index is 11.7. The second-order valence-corrected chi connectivity index (χ2v) is 6.02. The molecule has 3 nitrogen and oxygen atoms in total. The Hall–Kier alpha value is -0.580. The summed E-state index contributed by atoms with van der Waals surface area (Å²) >= 11 is 7.42. The highest BCUT2D eigenvalue weighted by Gasteiger charge is 2.16. The number of amides is 1. The van der Waals surface area contributed by atoms with Crippen LogP contribution >= 0.6 is 22.9 Å². The number of rotatable bonds is 5. The van der Waals surface area contributed by atoms with Gasteiger partial charge >= 0.3 is 0 Å². The van der Waals surface area contributed by atoms with Crippen LogP contribution in [0.3, 0.4) is 0 Å². The number of nitrogens with zero attached hydrogens (tertiary/aromatic N) is 1. The number of carbonyl (C=O) groups is 1. The van der Waals surface area contributed by atoms with E-state index in [-0.39, 0.29) is 5.91 Å². The standard InChI is InChI=1S/C12H17ClN2OS/c13-11-4-3-10(17-11)9-14-6-5-12(16)15-7-1-2-8-15/h3-4,14H,1-2,5-9H2. The molecule has 1 aromatic heterocycles. The Morgan fingerprint density at radius 3 is 2.82 bits per heavy atom. The summed E-state index contributed by atoms with van der Waals surface area (Å²) in [6, 6.07) is 3.92. The molecule has 0 bridgehead atoms. The Balaban J connectivity index is 1.61. The lowest BCUT2D eigenvalue weighted by atomic mass is 10.3. The zero-order valence-corrected chi connectivity index (χ0v) is 11.3. The van der Waals surface area contributed by atoms with Crippen LogP contribution < -0.4 is 5.32 Å². The molecule has 1 amide bonds. The highest BCUT2D eigenvalue weighted by Crippen LogP contribution is 2.20. The molecular weight excluding hydrogens is 256 g/mol. The third-order valence-electron chi connectivity index (χ3n) is 2.90. The third-order valence-corrected chi connectivity index (χ3v) is 4.13. The van der Waals surface area contributed by atoms with Gasteiger partial charge in [-0.15, -0.1) is 11.3 Å². The van der Waals surface area contributed by atoms with Crippen molar-refractivity contribution in [1.29, 1.82) is 0 Å². The van der Waals surface area contributed by atoms with E-state index in [0.717, 1.165) is 43.4 Å². The molecule has 17 heavy (non-hydrogen) atoms. The van der Waals surface area contributed by atoms with Crippen molar-refractivity contribution in [3.8, 4) is 0 Å². The van der Waals surface area contributed by atoms with Crippen molar-refractivity contribution in [3.63, 3.8) is 0 Å². The fraction of sp³-hybridized carbons (Fsp3) is 0.583. The molecule has 0 radical (unpaired) electrons. The summed E-state index contributed by atoms with van der Waals surface area (Å²) in [7, 11) is 0. The van der Waals surface area contributed by atoms with Gasteiger partial charge in [0.15, 0.2) is 0 Å². The molecule has 1 N–H and O–H groups in total. The minimum atomic E-state index is 0.277. The highest BCUT2D eigenvalue weighted by atomic mass is 35.5. The predicted molar refractivity (Wildman–Crippen MR) is 71.5 cm³/mol. The normalized spacial score (nSPS) is 15.5. The average molecular weight is 273 g/mol. The van der Waals surface area contributed by atoms with Crippen molar-refractivity contribution < 1.29 is 4.79 Å². The monoisotopic (exact) mass is 272 g/mol. The molecule has 1 aliphatic rings. The van der Waals surface area contributed by atoms with Crippen molar-refractivity contribution >= 4 is 28.8 Å². The van der Waals surface area contributed by atoms with Gasteiger partial charge in [0.2, 0.25) is 5.91 Å². The Kier molecular flexibility index (Phi) is 4.83. The summed E-state index contributed by atoms with van der Waals surface area (Å²) in [5.41, 5.74) is 0. The van der Waals surface area contributed by atoms with E-state index < -0.39 is 0 Å². The van der Waals surface area contributed by atoms with Crippen molar-refractivity contribution in [1.82, 2.24) is 10.2 Å². The zero-order valence-electron chi connectivity index (χ0n) is 9.75.